The molecule has 2 unspecified atom stereocenters. The number of benzene rings is 1. The summed E-state index contributed by atoms with van der Waals surface area (Å²) in [6.45, 7) is 2.66. The van der Waals surface area contributed by atoms with Crippen LogP contribution in [0.4, 0.5) is 0 Å². The lowest BCUT2D eigenvalue weighted by Crippen LogP contribution is -2.48. The lowest BCUT2D eigenvalue weighted by Gasteiger charge is -2.34. The molecule has 20 heavy (non-hydrogen) atoms. The molecule has 0 spiro atoms. The summed E-state index contributed by atoms with van der Waals surface area (Å²) in [7, 11) is -3.72. The second-order valence-corrected chi connectivity index (χ2v) is 7.49. The summed E-state index contributed by atoms with van der Waals surface area (Å²) >= 11 is 5.98. The van der Waals surface area contributed by atoms with Gasteiger partial charge in [-0.15, -0.1) is 0 Å². The lowest BCUT2D eigenvalue weighted by molar-refractivity contribution is 0.254. The molecule has 0 bridgehead atoms. The number of sulfonamides is 1. The SMILES string of the molecule is CC1CC(N)CN(S(=O)(=O)c2cc(C#N)ccc2Cl)C1. The predicted octanol–water partition coefficient (Wildman–Crippen LogP) is 1.57. The normalized spacial score (nSPS) is 24.3. The van der Waals surface area contributed by atoms with Gasteiger partial charge in [0.1, 0.15) is 4.90 Å². The molecule has 2 rings (SSSR count). The van der Waals surface area contributed by atoms with Crippen molar-refractivity contribution in [2.24, 2.45) is 11.7 Å². The van der Waals surface area contributed by atoms with Crippen LogP contribution in [0.2, 0.25) is 5.02 Å². The first kappa shape index (κ1) is 15.3. The Morgan fingerprint density at radius 2 is 2.15 bits per heavy atom. The maximum absolute atomic E-state index is 12.6. The molecule has 1 aliphatic rings. The van der Waals surface area contributed by atoms with E-state index in [1.165, 1.54) is 22.5 Å². The Morgan fingerprint density at radius 1 is 1.45 bits per heavy atom. The molecule has 0 amide bonds. The van der Waals surface area contributed by atoms with Gasteiger partial charge in [-0.2, -0.15) is 9.57 Å². The second-order valence-electron chi connectivity index (χ2n) is 5.18. The number of rotatable bonds is 2. The van der Waals surface area contributed by atoms with Crippen LogP contribution < -0.4 is 5.73 Å². The molecule has 108 valence electrons. The molecule has 0 saturated carbocycles. The van der Waals surface area contributed by atoms with Crippen molar-refractivity contribution < 1.29 is 8.42 Å². The minimum Gasteiger partial charge on any atom is -0.326 e. The molecule has 0 aromatic heterocycles. The molecule has 1 fully saturated rings. The lowest BCUT2D eigenvalue weighted by atomic mass is 9.99. The van der Waals surface area contributed by atoms with Crippen LogP contribution in [0.15, 0.2) is 23.1 Å². The van der Waals surface area contributed by atoms with Crippen LogP contribution in [0.1, 0.15) is 18.9 Å². The number of nitrogens with zero attached hydrogens (tertiary/aromatic N) is 2. The maximum atomic E-state index is 12.6. The molecular weight excluding hydrogens is 298 g/mol. The molecule has 2 atom stereocenters. The van der Waals surface area contributed by atoms with E-state index in [9.17, 15) is 8.42 Å². The highest BCUT2D eigenvalue weighted by Gasteiger charge is 2.33. The highest BCUT2D eigenvalue weighted by Crippen LogP contribution is 2.28. The van der Waals surface area contributed by atoms with Gasteiger partial charge in [-0.05, 0) is 30.5 Å². The third-order valence-corrected chi connectivity index (χ3v) is 5.65. The Hall–Kier alpha value is -1.13. The minimum atomic E-state index is -3.72. The summed E-state index contributed by atoms with van der Waals surface area (Å²) in [6.07, 6.45) is 0.804. The largest absolute Gasteiger partial charge is 0.326 e. The maximum Gasteiger partial charge on any atom is 0.244 e. The van der Waals surface area contributed by atoms with Crippen LogP contribution in [0.3, 0.4) is 0 Å². The van der Waals surface area contributed by atoms with Crippen molar-refractivity contribution in [3.63, 3.8) is 0 Å². The molecule has 1 aliphatic heterocycles. The first-order valence-electron chi connectivity index (χ1n) is 6.30. The smallest absolute Gasteiger partial charge is 0.244 e. The molecule has 1 aromatic rings. The van der Waals surface area contributed by atoms with Crippen molar-refractivity contribution in [1.82, 2.24) is 4.31 Å². The van der Waals surface area contributed by atoms with E-state index in [4.69, 9.17) is 22.6 Å². The summed E-state index contributed by atoms with van der Waals surface area (Å²) < 4.78 is 26.6. The zero-order valence-corrected chi connectivity index (χ0v) is 12.7. The molecule has 1 saturated heterocycles. The summed E-state index contributed by atoms with van der Waals surface area (Å²) in [5, 5.41) is 9.01. The molecule has 2 N–H and O–H groups in total. The number of nitriles is 1. The molecular formula is C13H16ClN3O2S. The summed E-state index contributed by atoms with van der Waals surface area (Å²) in [5.41, 5.74) is 6.16. The molecule has 1 aromatic carbocycles. The van der Waals surface area contributed by atoms with E-state index < -0.39 is 10.0 Å². The zero-order chi connectivity index (χ0) is 14.9. The van der Waals surface area contributed by atoms with Gasteiger partial charge >= 0.3 is 0 Å². The number of halogens is 1. The quantitative estimate of drug-likeness (QED) is 0.897. The fraction of sp³-hybridized carbons (Fsp3) is 0.462. The molecule has 0 radical (unpaired) electrons. The summed E-state index contributed by atoms with van der Waals surface area (Å²) in [6, 6.07) is 5.98. The Morgan fingerprint density at radius 3 is 2.75 bits per heavy atom. The van der Waals surface area contributed by atoms with Gasteiger partial charge in [-0.1, -0.05) is 18.5 Å². The number of hydrogen-bond acceptors (Lipinski definition) is 4. The van der Waals surface area contributed by atoms with E-state index in [1.54, 1.807) is 0 Å². The van der Waals surface area contributed by atoms with Crippen molar-refractivity contribution in [3.8, 4) is 6.07 Å². The number of nitrogens with two attached hydrogens (primary N) is 1. The second kappa shape index (κ2) is 5.70. The van der Waals surface area contributed by atoms with Crippen molar-refractivity contribution in [2.75, 3.05) is 13.1 Å². The van der Waals surface area contributed by atoms with Crippen molar-refractivity contribution in [3.05, 3.63) is 28.8 Å². The predicted molar refractivity (Wildman–Crippen MR) is 76.7 cm³/mol. The van der Waals surface area contributed by atoms with E-state index >= 15 is 0 Å². The first-order valence-corrected chi connectivity index (χ1v) is 8.11. The fourth-order valence-corrected chi connectivity index (χ4v) is 4.57. The van der Waals surface area contributed by atoms with Gasteiger partial charge in [0, 0.05) is 19.1 Å². The van der Waals surface area contributed by atoms with Crippen molar-refractivity contribution in [1.29, 1.82) is 5.26 Å². The minimum absolute atomic E-state index is 0.0282. The van der Waals surface area contributed by atoms with Crippen molar-refractivity contribution >= 4 is 21.6 Å². The average molecular weight is 314 g/mol. The van der Waals surface area contributed by atoms with Crippen LogP contribution in [-0.2, 0) is 10.0 Å². The van der Waals surface area contributed by atoms with Crippen LogP contribution in [-0.4, -0.2) is 31.9 Å². The van der Waals surface area contributed by atoms with E-state index in [-0.39, 0.29) is 34.0 Å². The van der Waals surface area contributed by atoms with E-state index in [0.29, 0.717) is 6.54 Å². The van der Waals surface area contributed by atoms with Gasteiger partial charge in [-0.25, -0.2) is 8.42 Å². The third-order valence-electron chi connectivity index (χ3n) is 3.34. The molecule has 0 aliphatic carbocycles. The van der Waals surface area contributed by atoms with Gasteiger partial charge in [0.05, 0.1) is 16.7 Å². The van der Waals surface area contributed by atoms with Gasteiger partial charge in [0.2, 0.25) is 10.0 Å². The fourth-order valence-electron chi connectivity index (χ4n) is 2.46. The summed E-state index contributed by atoms with van der Waals surface area (Å²) in [4.78, 5) is -0.0282. The van der Waals surface area contributed by atoms with Crippen LogP contribution in [0, 0.1) is 17.2 Å². The van der Waals surface area contributed by atoms with Gasteiger partial charge in [0.25, 0.3) is 0 Å². The van der Waals surface area contributed by atoms with Crippen LogP contribution >= 0.6 is 11.6 Å². The Labute approximate surface area is 124 Å². The highest BCUT2D eigenvalue weighted by molar-refractivity contribution is 7.89. The Balaban J connectivity index is 2.42. The van der Waals surface area contributed by atoms with Gasteiger partial charge in [0.15, 0.2) is 0 Å². The third kappa shape index (κ3) is 2.96. The van der Waals surface area contributed by atoms with E-state index in [0.717, 1.165) is 6.42 Å². The van der Waals surface area contributed by atoms with E-state index in [2.05, 4.69) is 0 Å². The first-order chi connectivity index (χ1) is 9.34. The van der Waals surface area contributed by atoms with E-state index in [1.807, 2.05) is 13.0 Å². The molecule has 5 nitrogen and oxygen atoms in total. The molecule has 7 heteroatoms. The average Bonchev–Trinajstić information content (AvgIpc) is 2.38. The van der Waals surface area contributed by atoms with Crippen LogP contribution in [0.5, 0.6) is 0 Å². The summed E-state index contributed by atoms with van der Waals surface area (Å²) in [5.74, 6) is 0.200. The zero-order valence-electron chi connectivity index (χ0n) is 11.1. The van der Waals surface area contributed by atoms with Gasteiger partial charge in [-0.3, -0.25) is 0 Å². The standard InChI is InChI=1S/C13H16ClN3O2S/c1-9-4-11(16)8-17(7-9)20(18,19)13-5-10(6-15)2-3-12(13)14/h2-3,5,9,11H,4,7-8,16H2,1H3. The molecule has 1 heterocycles. The van der Waals surface area contributed by atoms with Crippen LogP contribution in [0.25, 0.3) is 0 Å². The topological polar surface area (TPSA) is 87.2 Å². The van der Waals surface area contributed by atoms with Gasteiger partial charge < -0.3 is 5.73 Å². The number of piperidine rings is 1. The number of hydrogen-bond donors (Lipinski definition) is 1. The highest BCUT2D eigenvalue weighted by atomic mass is 35.5. The van der Waals surface area contributed by atoms with Crippen molar-refractivity contribution in [2.45, 2.75) is 24.3 Å². The monoisotopic (exact) mass is 313 g/mol. The Bertz CT molecular complexity index is 644. The Kier molecular flexibility index (Phi) is 4.35.